The van der Waals surface area contributed by atoms with Gasteiger partial charge in [-0.05, 0) is 31.9 Å². The molecule has 0 radical (unpaired) electrons. The van der Waals surface area contributed by atoms with Crippen LogP contribution in [-0.4, -0.2) is 41.6 Å². The molecule has 0 unspecified atom stereocenters. The average Bonchev–Trinajstić information content (AvgIpc) is 3.21. The van der Waals surface area contributed by atoms with Crippen molar-refractivity contribution < 1.29 is 14.3 Å². The van der Waals surface area contributed by atoms with Crippen LogP contribution >= 0.6 is 0 Å². The number of rotatable bonds is 6. The molecular formula is C17H21N3O3. The van der Waals surface area contributed by atoms with Gasteiger partial charge < -0.3 is 14.8 Å². The SMILES string of the molecule is Cc1cn(-c2ccccc2)nc1OCC(=O)NC[C@@H]1CCCO1. The second-order valence-electron chi connectivity index (χ2n) is 5.63. The zero-order valence-electron chi connectivity index (χ0n) is 13.2. The molecule has 0 aliphatic carbocycles. The van der Waals surface area contributed by atoms with Crippen LogP contribution in [0.5, 0.6) is 5.88 Å². The third-order valence-corrected chi connectivity index (χ3v) is 3.76. The van der Waals surface area contributed by atoms with Gasteiger partial charge in [0.05, 0.1) is 11.8 Å². The zero-order valence-corrected chi connectivity index (χ0v) is 13.2. The van der Waals surface area contributed by atoms with E-state index in [2.05, 4.69) is 10.4 Å². The van der Waals surface area contributed by atoms with E-state index in [1.807, 2.05) is 43.5 Å². The van der Waals surface area contributed by atoms with Crippen molar-refractivity contribution in [3.05, 3.63) is 42.1 Å². The lowest BCUT2D eigenvalue weighted by molar-refractivity contribution is -0.123. The first-order valence-corrected chi connectivity index (χ1v) is 7.85. The van der Waals surface area contributed by atoms with E-state index in [0.717, 1.165) is 30.7 Å². The average molecular weight is 315 g/mol. The molecular weight excluding hydrogens is 294 g/mol. The van der Waals surface area contributed by atoms with Crippen LogP contribution in [0.3, 0.4) is 0 Å². The fraction of sp³-hybridized carbons (Fsp3) is 0.412. The topological polar surface area (TPSA) is 65.4 Å². The van der Waals surface area contributed by atoms with Gasteiger partial charge >= 0.3 is 0 Å². The molecule has 1 saturated heterocycles. The molecule has 2 heterocycles. The number of hydrogen-bond donors (Lipinski definition) is 1. The normalized spacial score (nSPS) is 17.2. The minimum Gasteiger partial charge on any atom is -0.466 e. The highest BCUT2D eigenvalue weighted by molar-refractivity contribution is 5.77. The number of nitrogens with one attached hydrogen (secondary N) is 1. The number of para-hydroxylation sites is 1. The summed E-state index contributed by atoms with van der Waals surface area (Å²) in [6.45, 7) is 3.19. The number of aryl methyl sites for hydroxylation is 1. The molecule has 2 aromatic rings. The van der Waals surface area contributed by atoms with E-state index in [1.165, 1.54) is 0 Å². The van der Waals surface area contributed by atoms with Gasteiger partial charge in [-0.15, -0.1) is 5.10 Å². The number of hydrogen-bond acceptors (Lipinski definition) is 4. The Morgan fingerprint density at radius 3 is 3.00 bits per heavy atom. The van der Waals surface area contributed by atoms with Crippen LogP contribution in [0.2, 0.25) is 0 Å². The number of carbonyl (C=O) groups excluding carboxylic acids is 1. The van der Waals surface area contributed by atoms with Crippen LogP contribution in [-0.2, 0) is 9.53 Å². The number of ether oxygens (including phenoxy) is 2. The molecule has 0 spiro atoms. The monoisotopic (exact) mass is 315 g/mol. The molecule has 1 fully saturated rings. The highest BCUT2D eigenvalue weighted by Gasteiger charge is 2.16. The summed E-state index contributed by atoms with van der Waals surface area (Å²) in [5.74, 6) is 0.315. The van der Waals surface area contributed by atoms with Crippen molar-refractivity contribution in [2.75, 3.05) is 19.8 Å². The van der Waals surface area contributed by atoms with Crippen LogP contribution in [0.25, 0.3) is 5.69 Å². The molecule has 1 N–H and O–H groups in total. The van der Waals surface area contributed by atoms with Crippen LogP contribution in [0.1, 0.15) is 18.4 Å². The fourth-order valence-electron chi connectivity index (χ4n) is 2.52. The van der Waals surface area contributed by atoms with E-state index in [1.54, 1.807) is 4.68 Å². The molecule has 122 valence electrons. The maximum absolute atomic E-state index is 11.8. The Balaban J connectivity index is 1.52. The fourth-order valence-corrected chi connectivity index (χ4v) is 2.52. The lowest BCUT2D eigenvalue weighted by atomic mass is 10.2. The van der Waals surface area contributed by atoms with Crippen molar-refractivity contribution in [1.29, 1.82) is 0 Å². The zero-order chi connectivity index (χ0) is 16.1. The van der Waals surface area contributed by atoms with E-state index < -0.39 is 0 Å². The summed E-state index contributed by atoms with van der Waals surface area (Å²) in [5.41, 5.74) is 1.84. The number of carbonyl (C=O) groups is 1. The number of nitrogens with zero attached hydrogens (tertiary/aromatic N) is 2. The van der Waals surface area contributed by atoms with E-state index in [9.17, 15) is 4.79 Å². The summed E-state index contributed by atoms with van der Waals surface area (Å²) in [6, 6.07) is 9.78. The number of benzene rings is 1. The van der Waals surface area contributed by atoms with Gasteiger partial charge in [0.15, 0.2) is 6.61 Å². The Bertz CT molecular complexity index is 648. The lowest BCUT2D eigenvalue weighted by Gasteiger charge is -2.10. The molecule has 1 aromatic carbocycles. The van der Waals surface area contributed by atoms with Gasteiger partial charge in [0.25, 0.3) is 5.91 Å². The summed E-state index contributed by atoms with van der Waals surface area (Å²) < 4.78 is 12.7. The summed E-state index contributed by atoms with van der Waals surface area (Å²) in [6.07, 6.45) is 4.09. The standard InChI is InChI=1S/C17H21N3O3/c1-13-11-20(14-6-3-2-4-7-14)19-17(13)23-12-16(21)18-10-15-8-5-9-22-15/h2-4,6-7,11,15H,5,8-10,12H2,1H3,(H,18,21)/t15-/m0/s1. The van der Waals surface area contributed by atoms with Crippen molar-refractivity contribution in [2.24, 2.45) is 0 Å². The molecule has 23 heavy (non-hydrogen) atoms. The van der Waals surface area contributed by atoms with Crippen molar-refractivity contribution in [3.63, 3.8) is 0 Å². The van der Waals surface area contributed by atoms with Crippen molar-refractivity contribution in [2.45, 2.75) is 25.9 Å². The molecule has 0 bridgehead atoms. The first-order valence-electron chi connectivity index (χ1n) is 7.85. The predicted molar refractivity (Wildman–Crippen MR) is 85.8 cm³/mol. The summed E-state index contributed by atoms with van der Waals surface area (Å²) in [5, 5.41) is 7.21. The Labute approximate surface area is 135 Å². The highest BCUT2D eigenvalue weighted by atomic mass is 16.5. The largest absolute Gasteiger partial charge is 0.466 e. The van der Waals surface area contributed by atoms with Gasteiger partial charge in [-0.2, -0.15) is 0 Å². The Morgan fingerprint density at radius 2 is 2.26 bits per heavy atom. The van der Waals surface area contributed by atoms with Crippen molar-refractivity contribution in [1.82, 2.24) is 15.1 Å². The van der Waals surface area contributed by atoms with Crippen molar-refractivity contribution >= 4 is 5.91 Å². The van der Waals surface area contributed by atoms with Gasteiger partial charge in [0.2, 0.25) is 5.88 Å². The van der Waals surface area contributed by atoms with Crippen molar-refractivity contribution in [3.8, 4) is 11.6 Å². The molecule has 1 aromatic heterocycles. The first-order chi connectivity index (χ1) is 11.2. The molecule has 1 atom stereocenters. The minimum absolute atomic E-state index is 0.0423. The van der Waals surface area contributed by atoms with Gasteiger partial charge in [-0.1, -0.05) is 18.2 Å². The van der Waals surface area contributed by atoms with Crippen LogP contribution in [0.15, 0.2) is 36.5 Å². The van der Waals surface area contributed by atoms with Gasteiger partial charge in [0, 0.05) is 24.9 Å². The summed E-state index contributed by atoms with van der Waals surface area (Å²) >= 11 is 0. The third-order valence-electron chi connectivity index (χ3n) is 3.76. The second kappa shape index (κ2) is 7.28. The third kappa shape index (κ3) is 4.10. The molecule has 1 aliphatic heterocycles. The van der Waals surface area contributed by atoms with Gasteiger partial charge in [-0.3, -0.25) is 4.79 Å². The quantitative estimate of drug-likeness (QED) is 0.883. The van der Waals surface area contributed by atoms with E-state index in [-0.39, 0.29) is 18.6 Å². The molecule has 1 amide bonds. The van der Waals surface area contributed by atoms with E-state index in [4.69, 9.17) is 9.47 Å². The van der Waals surface area contributed by atoms with E-state index in [0.29, 0.717) is 12.4 Å². The van der Waals surface area contributed by atoms with Crippen LogP contribution in [0, 0.1) is 6.92 Å². The lowest BCUT2D eigenvalue weighted by Crippen LogP contribution is -2.35. The Hall–Kier alpha value is -2.34. The molecule has 0 saturated carbocycles. The van der Waals surface area contributed by atoms with Crippen LogP contribution in [0.4, 0.5) is 0 Å². The van der Waals surface area contributed by atoms with E-state index >= 15 is 0 Å². The molecule has 1 aliphatic rings. The number of aromatic nitrogens is 2. The summed E-state index contributed by atoms with van der Waals surface area (Å²) in [7, 11) is 0. The second-order valence-corrected chi connectivity index (χ2v) is 5.63. The van der Waals surface area contributed by atoms with Gasteiger partial charge in [0.1, 0.15) is 0 Å². The first kappa shape index (κ1) is 15.6. The predicted octanol–water partition coefficient (Wildman–Crippen LogP) is 1.85. The molecule has 6 heteroatoms. The Morgan fingerprint density at radius 1 is 1.43 bits per heavy atom. The smallest absolute Gasteiger partial charge is 0.258 e. The highest BCUT2D eigenvalue weighted by Crippen LogP contribution is 2.17. The number of amides is 1. The summed E-state index contributed by atoms with van der Waals surface area (Å²) in [4.78, 5) is 11.8. The molecule has 6 nitrogen and oxygen atoms in total. The molecule has 3 rings (SSSR count). The maximum Gasteiger partial charge on any atom is 0.258 e. The minimum atomic E-state index is -0.158. The van der Waals surface area contributed by atoms with Crippen LogP contribution < -0.4 is 10.1 Å². The van der Waals surface area contributed by atoms with Gasteiger partial charge in [-0.25, -0.2) is 4.68 Å². The maximum atomic E-state index is 11.8. The Kier molecular flexibility index (Phi) is 4.92.